The zero-order valence-corrected chi connectivity index (χ0v) is 22.2. The summed E-state index contributed by atoms with van der Waals surface area (Å²) in [6.45, 7) is 3.87. The quantitative estimate of drug-likeness (QED) is 0.316. The molecular weight excluding hydrogens is 490 g/mol. The Bertz CT molecular complexity index is 1330. The largest absolute Gasteiger partial charge is 0.484 e. The van der Waals surface area contributed by atoms with Gasteiger partial charge in [-0.3, -0.25) is 14.5 Å². The van der Waals surface area contributed by atoms with Crippen molar-refractivity contribution in [3.63, 3.8) is 0 Å². The molecule has 3 aromatic carbocycles. The summed E-state index contributed by atoms with van der Waals surface area (Å²) in [5, 5.41) is 2.87. The van der Waals surface area contributed by atoms with Gasteiger partial charge in [0.15, 0.2) is 10.9 Å². The minimum Gasteiger partial charge on any atom is -0.484 e. The number of nitrogens with one attached hydrogen (secondary N) is 1. The number of thiocarbonyl (C=S) groups is 1. The summed E-state index contributed by atoms with van der Waals surface area (Å²) in [4.78, 5) is 29.4. The summed E-state index contributed by atoms with van der Waals surface area (Å²) in [5.74, 6) is 0.191. The fourth-order valence-electron chi connectivity index (χ4n) is 3.69. The van der Waals surface area contributed by atoms with Crippen molar-refractivity contribution >= 4 is 63.3 Å². The van der Waals surface area contributed by atoms with Gasteiger partial charge in [-0.15, -0.1) is 0 Å². The molecule has 4 rings (SSSR count). The smallest absolute Gasteiger partial charge is 0.270 e. The highest BCUT2D eigenvalue weighted by atomic mass is 32.2. The minimum absolute atomic E-state index is 0.0993. The van der Waals surface area contributed by atoms with Gasteiger partial charge in [-0.25, -0.2) is 0 Å². The SMILES string of the molecule is Cc1ccc(NC(=O)COc2ccc(/C=C3\SC(=S)N(c4ccc(N(C)C)cc4)C3=O)cc2)c(C)c1. The first-order valence-electron chi connectivity index (χ1n) is 11.4. The fourth-order valence-corrected chi connectivity index (χ4v) is 4.99. The van der Waals surface area contributed by atoms with Crippen LogP contribution in [0.3, 0.4) is 0 Å². The van der Waals surface area contributed by atoms with Crippen LogP contribution in [0.5, 0.6) is 5.75 Å². The number of amides is 2. The molecule has 1 heterocycles. The first kappa shape index (κ1) is 25.5. The van der Waals surface area contributed by atoms with Crippen molar-refractivity contribution in [3.05, 3.63) is 88.3 Å². The molecule has 8 heteroatoms. The molecule has 0 saturated carbocycles. The second-order valence-corrected chi connectivity index (χ2v) is 10.3. The first-order chi connectivity index (χ1) is 17.2. The first-order valence-corrected chi connectivity index (χ1v) is 12.6. The summed E-state index contributed by atoms with van der Waals surface area (Å²) in [5.41, 5.74) is 5.55. The van der Waals surface area contributed by atoms with Crippen molar-refractivity contribution in [2.45, 2.75) is 13.8 Å². The molecule has 1 N–H and O–H groups in total. The molecule has 1 saturated heterocycles. The van der Waals surface area contributed by atoms with Gasteiger partial charge in [-0.2, -0.15) is 0 Å². The number of nitrogens with zero attached hydrogens (tertiary/aromatic N) is 2. The maximum atomic E-state index is 13.0. The lowest BCUT2D eigenvalue weighted by Gasteiger charge is -2.17. The molecule has 0 aliphatic carbocycles. The molecule has 0 radical (unpaired) electrons. The van der Waals surface area contributed by atoms with Crippen LogP contribution in [-0.4, -0.2) is 36.8 Å². The molecule has 1 aliphatic heterocycles. The maximum Gasteiger partial charge on any atom is 0.270 e. The van der Waals surface area contributed by atoms with Crippen molar-refractivity contribution in [2.75, 3.05) is 35.8 Å². The number of rotatable bonds is 7. The lowest BCUT2D eigenvalue weighted by molar-refractivity contribution is -0.118. The molecule has 3 aromatic rings. The number of hydrogen-bond acceptors (Lipinski definition) is 6. The van der Waals surface area contributed by atoms with E-state index in [-0.39, 0.29) is 18.4 Å². The van der Waals surface area contributed by atoms with Gasteiger partial charge in [0.25, 0.3) is 11.8 Å². The molecule has 0 aromatic heterocycles. The Morgan fingerprint density at radius 3 is 2.39 bits per heavy atom. The highest BCUT2D eigenvalue weighted by Crippen LogP contribution is 2.36. The summed E-state index contributed by atoms with van der Waals surface area (Å²) >= 11 is 6.75. The Labute approximate surface area is 220 Å². The topological polar surface area (TPSA) is 61.9 Å². The summed E-state index contributed by atoms with van der Waals surface area (Å²) < 4.78 is 6.13. The molecule has 2 amide bonds. The number of thioether (sulfide) groups is 1. The van der Waals surface area contributed by atoms with E-state index in [1.165, 1.54) is 11.8 Å². The van der Waals surface area contributed by atoms with E-state index in [1.54, 1.807) is 17.0 Å². The van der Waals surface area contributed by atoms with Crippen molar-refractivity contribution in [1.82, 2.24) is 0 Å². The predicted molar refractivity (Wildman–Crippen MR) is 153 cm³/mol. The predicted octanol–water partition coefficient (Wildman–Crippen LogP) is 5.79. The van der Waals surface area contributed by atoms with Crippen molar-refractivity contribution in [1.29, 1.82) is 0 Å². The number of anilines is 3. The Morgan fingerprint density at radius 1 is 1.06 bits per heavy atom. The number of carbonyl (C=O) groups is 2. The Morgan fingerprint density at radius 2 is 1.75 bits per heavy atom. The van der Waals surface area contributed by atoms with E-state index in [1.807, 2.05) is 93.5 Å². The molecule has 0 atom stereocenters. The standard InChI is InChI=1S/C28H27N3O3S2/c1-18-5-14-24(19(2)15-18)29-26(32)17-34-23-12-6-20(7-13-23)16-25-27(33)31(28(35)36-25)22-10-8-21(9-11-22)30(3)4/h5-16H,17H2,1-4H3,(H,29,32)/b25-16-. The molecule has 1 fully saturated rings. The third kappa shape index (κ3) is 5.95. The Kier molecular flexibility index (Phi) is 7.76. The van der Waals surface area contributed by atoms with Crippen LogP contribution >= 0.6 is 24.0 Å². The average molecular weight is 518 g/mol. The van der Waals surface area contributed by atoms with E-state index in [0.717, 1.165) is 33.8 Å². The van der Waals surface area contributed by atoms with Gasteiger partial charge in [0, 0.05) is 25.5 Å². The van der Waals surface area contributed by atoms with E-state index >= 15 is 0 Å². The summed E-state index contributed by atoms with van der Waals surface area (Å²) in [7, 11) is 3.93. The van der Waals surface area contributed by atoms with Crippen LogP contribution in [0.2, 0.25) is 0 Å². The van der Waals surface area contributed by atoms with Crippen LogP contribution in [0, 0.1) is 13.8 Å². The number of ether oxygens (including phenoxy) is 1. The van der Waals surface area contributed by atoms with Crippen LogP contribution in [0.1, 0.15) is 16.7 Å². The summed E-state index contributed by atoms with van der Waals surface area (Å²) in [6.07, 6.45) is 1.81. The number of aryl methyl sites for hydroxylation is 2. The van der Waals surface area contributed by atoms with Crippen LogP contribution in [0.25, 0.3) is 6.08 Å². The third-order valence-corrected chi connectivity index (χ3v) is 6.92. The van der Waals surface area contributed by atoms with Gasteiger partial charge in [0.1, 0.15) is 5.75 Å². The van der Waals surface area contributed by atoms with Gasteiger partial charge in [-0.05, 0) is 73.5 Å². The molecule has 36 heavy (non-hydrogen) atoms. The maximum absolute atomic E-state index is 13.0. The van der Waals surface area contributed by atoms with Gasteiger partial charge in [0.2, 0.25) is 0 Å². The van der Waals surface area contributed by atoms with Crippen LogP contribution < -0.4 is 19.9 Å². The number of benzene rings is 3. The van der Waals surface area contributed by atoms with E-state index in [9.17, 15) is 9.59 Å². The summed E-state index contributed by atoms with van der Waals surface area (Å²) in [6, 6.07) is 20.8. The minimum atomic E-state index is -0.228. The lowest BCUT2D eigenvalue weighted by Crippen LogP contribution is -2.27. The molecular formula is C28H27N3O3S2. The zero-order valence-electron chi connectivity index (χ0n) is 20.6. The molecule has 6 nitrogen and oxygen atoms in total. The molecule has 0 bridgehead atoms. The van der Waals surface area contributed by atoms with E-state index in [2.05, 4.69) is 5.32 Å². The molecule has 0 unspecified atom stereocenters. The molecule has 0 spiro atoms. The van der Waals surface area contributed by atoms with Crippen LogP contribution in [-0.2, 0) is 9.59 Å². The normalized spacial score (nSPS) is 14.3. The van der Waals surface area contributed by atoms with Gasteiger partial charge in [0.05, 0.1) is 10.6 Å². The average Bonchev–Trinajstić information content (AvgIpc) is 3.13. The monoisotopic (exact) mass is 517 g/mol. The van der Waals surface area contributed by atoms with Gasteiger partial charge < -0.3 is 15.0 Å². The highest BCUT2D eigenvalue weighted by Gasteiger charge is 2.33. The lowest BCUT2D eigenvalue weighted by atomic mass is 10.1. The van der Waals surface area contributed by atoms with Crippen molar-refractivity contribution in [2.24, 2.45) is 0 Å². The van der Waals surface area contributed by atoms with Crippen LogP contribution in [0.4, 0.5) is 17.1 Å². The zero-order chi connectivity index (χ0) is 25.8. The molecule has 1 aliphatic rings. The van der Waals surface area contributed by atoms with Crippen LogP contribution in [0.15, 0.2) is 71.6 Å². The van der Waals surface area contributed by atoms with Gasteiger partial charge >= 0.3 is 0 Å². The second-order valence-electron chi connectivity index (χ2n) is 8.65. The fraction of sp³-hybridized carbons (Fsp3) is 0.179. The second kappa shape index (κ2) is 11.0. The Balaban J connectivity index is 1.37. The highest BCUT2D eigenvalue weighted by molar-refractivity contribution is 8.27. The van der Waals surface area contributed by atoms with Gasteiger partial charge in [-0.1, -0.05) is 53.8 Å². The van der Waals surface area contributed by atoms with Crippen molar-refractivity contribution in [3.8, 4) is 5.75 Å². The Hall–Kier alpha value is -3.62. The van der Waals surface area contributed by atoms with E-state index in [0.29, 0.717) is 15.0 Å². The van der Waals surface area contributed by atoms with Crippen molar-refractivity contribution < 1.29 is 14.3 Å². The number of carbonyl (C=O) groups excluding carboxylic acids is 2. The van der Waals surface area contributed by atoms with E-state index < -0.39 is 0 Å². The molecule has 184 valence electrons. The third-order valence-electron chi connectivity index (χ3n) is 5.62. The van der Waals surface area contributed by atoms with E-state index in [4.69, 9.17) is 17.0 Å². The number of hydrogen-bond donors (Lipinski definition) is 1.